The molecular weight excluding hydrogens is 324 g/mol. The van der Waals surface area contributed by atoms with Crippen molar-refractivity contribution >= 4 is 11.9 Å². The topological polar surface area (TPSA) is 74.2 Å². The zero-order valence-corrected chi connectivity index (χ0v) is 14.5. The van der Waals surface area contributed by atoms with Crippen LogP contribution in [-0.4, -0.2) is 39.3 Å². The fraction of sp³-hybridized carbons (Fsp3) is 0.211. The summed E-state index contributed by atoms with van der Waals surface area (Å²) in [5, 5.41) is 9.49. The van der Waals surface area contributed by atoms with Crippen molar-refractivity contribution in [1.29, 1.82) is 0 Å². The SMILES string of the molecule is COc1cc(OC)c(C(=O)/C=C/c2ccc(O)cc2OC)c(OC)c1. The average molecular weight is 344 g/mol. The number of carbonyl (C=O) groups is 1. The zero-order valence-electron chi connectivity index (χ0n) is 14.5. The number of hydrogen-bond acceptors (Lipinski definition) is 6. The molecule has 0 unspecified atom stereocenters. The predicted octanol–water partition coefficient (Wildman–Crippen LogP) is 3.32. The summed E-state index contributed by atoms with van der Waals surface area (Å²) in [7, 11) is 5.95. The molecule has 0 amide bonds. The molecule has 0 spiro atoms. The fourth-order valence-corrected chi connectivity index (χ4v) is 2.33. The number of carbonyl (C=O) groups excluding carboxylic acids is 1. The van der Waals surface area contributed by atoms with Crippen molar-refractivity contribution in [1.82, 2.24) is 0 Å². The fourth-order valence-electron chi connectivity index (χ4n) is 2.33. The quantitative estimate of drug-likeness (QED) is 0.613. The molecule has 0 fully saturated rings. The van der Waals surface area contributed by atoms with E-state index >= 15 is 0 Å². The molecule has 132 valence electrons. The van der Waals surface area contributed by atoms with E-state index in [1.807, 2.05) is 0 Å². The van der Waals surface area contributed by atoms with Crippen LogP contribution in [0, 0.1) is 0 Å². The van der Waals surface area contributed by atoms with Gasteiger partial charge in [-0.25, -0.2) is 0 Å². The summed E-state index contributed by atoms with van der Waals surface area (Å²) < 4.78 is 21.0. The summed E-state index contributed by atoms with van der Waals surface area (Å²) in [6.45, 7) is 0. The van der Waals surface area contributed by atoms with E-state index in [0.717, 1.165) is 0 Å². The molecule has 25 heavy (non-hydrogen) atoms. The van der Waals surface area contributed by atoms with Crippen LogP contribution < -0.4 is 18.9 Å². The lowest BCUT2D eigenvalue weighted by Crippen LogP contribution is -2.03. The molecule has 1 N–H and O–H groups in total. The largest absolute Gasteiger partial charge is 0.508 e. The number of ketones is 1. The Kier molecular flexibility index (Phi) is 5.89. The molecule has 6 nitrogen and oxygen atoms in total. The van der Waals surface area contributed by atoms with Gasteiger partial charge in [0.05, 0.1) is 28.4 Å². The Labute approximate surface area is 146 Å². The van der Waals surface area contributed by atoms with E-state index in [1.54, 1.807) is 24.3 Å². The van der Waals surface area contributed by atoms with Gasteiger partial charge in [-0.15, -0.1) is 0 Å². The minimum absolute atomic E-state index is 0.0822. The van der Waals surface area contributed by atoms with Crippen molar-refractivity contribution in [3.63, 3.8) is 0 Å². The second-order valence-corrected chi connectivity index (χ2v) is 5.03. The number of phenolic OH excluding ortho intramolecular Hbond substituents is 1. The molecule has 0 aromatic heterocycles. The van der Waals surface area contributed by atoms with Gasteiger partial charge in [-0.05, 0) is 24.3 Å². The molecule has 0 aliphatic carbocycles. The third-order valence-corrected chi connectivity index (χ3v) is 3.59. The predicted molar refractivity (Wildman–Crippen MR) is 94.1 cm³/mol. The standard InChI is InChI=1S/C19H20O6/c1-22-14-10-17(24-3)19(18(11-14)25-4)15(21)8-6-12-5-7-13(20)9-16(12)23-2/h5-11,20H,1-4H3/b8-6+. The summed E-state index contributed by atoms with van der Waals surface area (Å²) in [5.41, 5.74) is 0.944. The van der Waals surface area contributed by atoms with E-state index in [-0.39, 0.29) is 11.5 Å². The van der Waals surface area contributed by atoms with Gasteiger partial charge in [0, 0.05) is 23.8 Å². The van der Waals surface area contributed by atoms with Crippen LogP contribution in [0.2, 0.25) is 0 Å². The second-order valence-electron chi connectivity index (χ2n) is 5.03. The highest BCUT2D eigenvalue weighted by Crippen LogP contribution is 2.35. The lowest BCUT2D eigenvalue weighted by atomic mass is 10.1. The first-order chi connectivity index (χ1) is 12.0. The van der Waals surface area contributed by atoms with Crippen molar-refractivity contribution in [2.75, 3.05) is 28.4 Å². The third kappa shape index (κ3) is 4.03. The molecule has 0 saturated carbocycles. The molecular formula is C19H20O6. The number of hydrogen-bond donors (Lipinski definition) is 1. The van der Waals surface area contributed by atoms with Gasteiger partial charge in [-0.2, -0.15) is 0 Å². The van der Waals surface area contributed by atoms with Crippen LogP contribution in [-0.2, 0) is 0 Å². The molecule has 0 heterocycles. The maximum Gasteiger partial charge on any atom is 0.193 e. The lowest BCUT2D eigenvalue weighted by Gasteiger charge is -2.13. The van der Waals surface area contributed by atoms with Crippen molar-refractivity contribution < 1.29 is 28.8 Å². The van der Waals surface area contributed by atoms with Crippen LogP contribution in [0.3, 0.4) is 0 Å². The number of aromatic hydroxyl groups is 1. The molecule has 0 atom stereocenters. The number of methoxy groups -OCH3 is 4. The van der Waals surface area contributed by atoms with E-state index in [9.17, 15) is 9.90 Å². The minimum atomic E-state index is -0.300. The Morgan fingerprint density at radius 3 is 2.00 bits per heavy atom. The van der Waals surface area contributed by atoms with Crippen LogP contribution in [0.15, 0.2) is 36.4 Å². The summed E-state index contributed by atoms with van der Waals surface area (Å²) in [4.78, 5) is 12.7. The third-order valence-electron chi connectivity index (χ3n) is 3.59. The summed E-state index contributed by atoms with van der Waals surface area (Å²) in [5.74, 6) is 1.46. The summed E-state index contributed by atoms with van der Waals surface area (Å²) in [6.07, 6.45) is 2.99. The van der Waals surface area contributed by atoms with E-state index < -0.39 is 0 Å². The van der Waals surface area contributed by atoms with Crippen molar-refractivity contribution in [2.45, 2.75) is 0 Å². The zero-order chi connectivity index (χ0) is 18.4. The second kappa shape index (κ2) is 8.10. The number of benzene rings is 2. The Hall–Kier alpha value is -3.15. The highest BCUT2D eigenvalue weighted by Gasteiger charge is 2.18. The van der Waals surface area contributed by atoms with Crippen molar-refractivity contribution in [3.8, 4) is 28.7 Å². The summed E-state index contributed by atoms with van der Waals surface area (Å²) >= 11 is 0. The van der Waals surface area contributed by atoms with Gasteiger partial charge in [0.1, 0.15) is 34.3 Å². The molecule has 6 heteroatoms. The normalized spacial score (nSPS) is 10.6. The maximum absolute atomic E-state index is 12.7. The first-order valence-corrected chi connectivity index (χ1v) is 7.43. The number of ether oxygens (including phenoxy) is 4. The molecule has 0 aliphatic rings. The minimum Gasteiger partial charge on any atom is -0.508 e. The van der Waals surface area contributed by atoms with E-state index in [4.69, 9.17) is 18.9 Å². The smallest absolute Gasteiger partial charge is 0.193 e. The number of phenols is 1. The van der Waals surface area contributed by atoms with Crippen LogP contribution in [0.4, 0.5) is 0 Å². The molecule has 2 aromatic rings. The highest BCUT2D eigenvalue weighted by atomic mass is 16.5. The van der Waals surface area contributed by atoms with Crippen LogP contribution >= 0.6 is 0 Å². The Balaban J connectivity index is 2.41. The lowest BCUT2D eigenvalue weighted by molar-refractivity contribution is 0.104. The Morgan fingerprint density at radius 2 is 1.48 bits per heavy atom. The Morgan fingerprint density at radius 1 is 0.880 bits per heavy atom. The first kappa shape index (κ1) is 18.2. The average Bonchev–Trinajstić information content (AvgIpc) is 2.65. The molecule has 2 aromatic carbocycles. The molecule has 0 aliphatic heterocycles. The van der Waals surface area contributed by atoms with Gasteiger partial charge in [0.25, 0.3) is 0 Å². The maximum atomic E-state index is 12.7. The van der Waals surface area contributed by atoms with Gasteiger partial charge in [-0.3, -0.25) is 4.79 Å². The van der Waals surface area contributed by atoms with Gasteiger partial charge in [0.15, 0.2) is 5.78 Å². The van der Waals surface area contributed by atoms with Gasteiger partial charge in [-0.1, -0.05) is 0 Å². The molecule has 0 radical (unpaired) electrons. The molecule has 0 bridgehead atoms. The van der Waals surface area contributed by atoms with E-state index in [1.165, 1.54) is 46.6 Å². The van der Waals surface area contributed by atoms with E-state index in [0.29, 0.717) is 34.1 Å². The van der Waals surface area contributed by atoms with Gasteiger partial charge < -0.3 is 24.1 Å². The molecule has 2 rings (SSSR count). The summed E-state index contributed by atoms with van der Waals surface area (Å²) in [6, 6.07) is 7.87. The van der Waals surface area contributed by atoms with Crippen LogP contribution in [0.5, 0.6) is 28.7 Å². The van der Waals surface area contributed by atoms with Gasteiger partial charge >= 0.3 is 0 Å². The molecule has 0 saturated heterocycles. The van der Waals surface area contributed by atoms with Gasteiger partial charge in [0.2, 0.25) is 0 Å². The highest BCUT2D eigenvalue weighted by molar-refractivity contribution is 6.10. The number of allylic oxidation sites excluding steroid dienone is 1. The van der Waals surface area contributed by atoms with Crippen LogP contribution in [0.1, 0.15) is 15.9 Å². The monoisotopic (exact) mass is 344 g/mol. The first-order valence-electron chi connectivity index (χ1n) is 7.43. The van der Waals surface area contributed by atoms with Crippen molar-refractivity contribution in [3.05, 3.63) is 47.5 Å². The Bertz CT molecular complexity index is 769. The van der Waals surface area contributed by atoms with E-state index in [2.05, 4.69) is 0 Å². The number of rotatable bonds is 7. The van der Waals surface area contributed by atoms with Crippen LogP contribution in [0.25, 0.3) is 6.08 Å². The van der Waals surface area contributed by atoms with Crippen molar-refractivity contribution in [2.24, 2.45) is 0 Å².